The van der Waals surface area contributed by atoms with Crippen LogP contribution in [0.3, 0.4) is 0 Å². The quantitative estimate of drug-likeness (QED) is 0.680. The van der Waals surface area contributed by atoms with E-state index in [1.54, 1.807) is 11.3 Å². The molecule has 1 aromatic carbocycles. The van der Waals surface area contributed by atoms with Gasteiger partial charge in [-0.3, -0.25) is 9.20 Å². The van der Waals surface area contributed by atoms with E-state index in [9.17, 15) is 4.79 Å². The fourth-order valence-electron chi connectivity index (χ4n) is 2.56. The Labute approximate surface area is 117 Å². The number of imidazole rings is 1. The summed E-state index contributed by atoms with van der Waals surface area (Å²) in [6.07, 6.45) is 3.85. The van der Waals surface area contributed by atoms with Crippen molar-refractivity contribution >= 4 is 32.3 Å². The van der Waals surface area contributed by atoms with Crippen molar-refractivity contribution in [3.05, 3.63) is 24.0 Å². The van der Waals surface area contributed by atoms with Crippen LogP contribution in [0.25, 0.3) is 15.2 Å². The zero-order valence-electron chi connectivity index (χ0n) is 10.5. The number of ketones is 1. The average Bonchev–Trinajstić information content (AvgIpc) is 2.91. The summed E-state index contributed by atoms with van der Waals surface area (Å²) in [5.41, 5.74) is 1.59. The molecule has 1 aliphatic carbocycles. The van der Waals surface area contributed by atoms with Crippen LogP contribution in [0.5, 0.6) is 11.5 Å². The molecule has 5 rings (SSSR count). The molecule has 0 N–H and O–H groups in total. The van der Waals surface area contributed by atoms with Crippen molar-refractivity contribution in [3.8, 4) is 11.5 Å². The number of rotatable bonds is 2. The first kappa shape index (κ1) is 10.7. The van der Waals surface area contributed by atoms with E-state index in [1.807, 2.05) is 22.7 Å². The number of aromatic nitrogens is 2. The summed E-state index contributed by atoms with van der Waals surface area (Å²) in [6.45, 7) is 0.269. The largest absolute Gasteiger partial charge is 0.454 e. The Morgan fingerprint density at radius 1 is 1.30 bits per heavy atom. The molecule has 100 valence electrons. The molecule has 0 unspecified atom stereocenters. The Morgan fingerprint density at radius 3 is 2.90 bits per heavy atom. The number of Topliss-reactive ketones (excluding diaryl/α,β-unsaturated/α-hetero) is 1. The van der Waals surface area contributed by atoms with Gasteiger partial charge in [0.25, 0.3) is 0 Å². The van der Waals surface area contributed by atoms with Gasteiger partial charge in [0, 0.05) is 24.2 Å². The van der Waals surface area contributed by atoms with Gasteiger partial charge in [0.1, 0.15) is 5.69 Å². The Balaban J connectivity index is 1.73. The van der Waals surface area contributed by atoms with Gasteiger partial charge in [-0.2, -0.15) is 0 Å². The highest BCUT2D eigenvalue weighted by molar-refractivity contribution is 7.23. The summed E-state index contributed by atoms with van der Waals surface area (Å²) in [5.74, 6) is 1.90. The second-order valence-electron chi connectivity index (χ2n) is 5.19. The molecule has 1 fully saturated rings. The molecule has 5 nitrogen and oxygen atoms in total. The minimum absolute atomic E-state index is 0.176. The molecule has 1 aliphatic heterocycles. The fraction of sp³-hybridized carbons (Fsp3) is 0.286. The topological polar surface area (TPSA) is 52.8 Å². The van der Waals surface area contributed by atoms with Crippen LogP contribution < -0.4 is 9.47 Å². The molecule has 2 aromatic heterocycles. The SMILES string of the molecule is O=C(c1cn2c(n1)sc1cc3c(cc12)OCO3)C1CC1. The van der Waals surface area contributed by atoms with Gasteiger partial charge < -0.3 is 9.47 Å². The lowest BCUT2D eigenvalue weighted by molar-refractivity contribution is 0.0963. The first-order valence-corrected chi connectivity index (χ1v) is 7.37. The van der Waals surface area contributed by atoms with Crippen LogP contribution in [0, 0.1) is 5.92 Å². The van der Waals surface area contributed by atoms with Gasteiger partial charge in [0.15, 0.2) is 22.2 Å². The standard InChI is InChI=1S/C14H10N2O3S/c17-13(7-1-2-7)8-5-16-9-3-10-11(19-6-18-10)4-12(9)20-14(16)15-8/h3-5,7H,1-2,6H2. The maximum Gasteiger partial charge on any atom is 0.231 e. The molecule has 0 bridgehead atoms. The number of carbonyl (C=O) groups excluding carboxylic acids is 1. The summed E-state index contributed by atoms with van der Waals surface area (Å²) >= 11 is 1.56. The minimum Gasteiger partial charge on any atom is -0.454 e. The smallest absolute Gasteiger partial charge is 0.231 e. The molecular formula is C14H10N2O3S. The Kier molecular flexibility index (Phi) is 1.88. The van der Waals surface area contributed by atoms with Crippen molar-refractivity contribution < 1.29 is 14.3 Å². The van der Waals surface area contributed by atoms with E-state index in [-0.39, 0.29) is 18.5 Å². The summed E-state index contributed by atoms with van der Waals surface area (Å²) in [7, 11) is 0. The molecule has 20 heavy (non-hydrogen) atoms. The Morgan fingerprint density at radius 2 is 2.10 bits per heavy atom. The number of carbonyl (C=O) groups is 1. The minimum atomic E-state index is 0.176. The van der Waals surface area contributed by atoms with E-state index in [0.717, 1.165) is 39.5 Å². The summed E-state index contributed by atoms with van der Waals surface area (Å²) in [6, 6.07) is 3.92. The molecule has 3 aromatic rings. The zero-order chi connectivity index (χ0) is 13.3. The van der Waals surface area contributed by atoms with E-state index < -0.39 is 0 Å². The van der Waals surface area contributed by atoms with Gasteiger partial charge in [-0.05, 0) is 12.8 Å². The first-order chi connectivity index (χ1) is 9.79. The number of ether oxygens (including phenoxy) is 2. The highest BCUT2D eigenvalue weighted by Gasteiger charge is 2.32. The number of fused-ring (bicyclic) bond motifs is 4. The van der Waals surface area contributed by atoms with Crippen molar-refractivity contribution in [1.29, 1.82) is 0 Å². The summed E-state index contributed by atoms with van der Waals surface area (Å²) in [5, 5.41) is 0. The number of thiazole rings is 1. The monoisotopic (exact) mass is 286 g/mol. The van der Waals surface area contributed by atoms with Crippen LogP contribution in [0.4, 0.5) is 0 Å². The third kappa shape index (κ3) is 1.37. The van der Waals surface area contributed by atoms with Crippen molar-refractivity contribution in [2.24, 2.45) is 5.92 Å². The van der Waals surface area contributed by atoms with Gasteiger partial charge in [-0.15, -0.1) is 0 Å². The van der Waals surface area contributed by atoms with E-state index in [1.165, 1.54) is 0 Å². The third-order valence-electron chi connectivity index (χ3n) is 3.79. The van der Waals surface area contributed by atoms with Crippen molar-refractivity contribution in [2.75, 3.05) is 6.79 Å². The molecule has 0 radical (unpaired) electrons. The highest BCUT2D eigenvalue weighted by Crippen LogP contribution is 2.39. The maximum absolute atomic E-state index is 12.1. The van der Waals surface area contributed by atoms with Crippen LogP contribution in [0.15, 0.2) is 18.3 Å². The Bertz CT molecular complexity index is 875. The van der Waals surface area contributed by atoms with Crippen molar-refractivity contribution in [2.45, 2.75) is 12.8 Å². The molecular weight excluding hydrogens is 276 g/mol. The number of hydrogen-bond donors (Lipinski definition) is 0. The average molecular weight is 286 g/mol. The molecule has 2 aliphatic rings. The van der Waals surface area contributed by atoms with E-state index in [4.69, 9.17) is 9.47 Å². The zero-order valence-corrected chi connectivity index (χ0v) is 11.3. The molecule has 3 heterocycles. The van der Waals surface area contributed by atoms with Gasteiger partial charge in [0.05, 0.1) is 10.2 Å². The maximum atomic E-state index is 12.1. The first-order valence-electron chi connectivity index (χ1n) is 6.55. The van der Waals surface area contributed by atoms with Gasteiger partial charge >= 0.3 is 0 Å². The summed E-state index contributed by atoms with van der Waals surface area (Å²) < 4.78 is 13.8. The molecule has 0 spiro atoms. The van der Waals surface area contributed by atoms with E-state index >= 15 is 0 Å². The van der Waals surface area contributed by atoms with Gasteiger partial charge in [-0.25, -0.2) is 4.98 Å². The number of nitrogens with zero attached hydrogens (tertiary/aromatic N) is 2. The lowest BCUT2D eigenvalue weighted by atomic mass is 10.2. The number of benzene rings is 1. The summed E-state index contributed by atoms with van der Waals surface area (Å²) in [4.78, 5) is 17.4. The number of hydrogen-bond acceptors (Lipinski definition) is 5. The fourth-order valence-corrected chi connectivity index (χ4v) is 3.58. The Hall–Kier alpha value is -2.08. The predicted molar refractivity (Wildman–Crippen MR) is 73.8 cm³/mol. The van der Waals surface area contributed by atoms with Crippen LogP contribution in [-0.4, -0.2) is 22.0 Å². The second kappa shape index (κ2) is 3.52. The van der Waals surface area contributed by atoms with E-state index in [0.29, 0.717) is 5.69 Å². The van der Waals surface area contributed by atoms with Crippen molar-refractivity contribution in [3.63, 3.8) is 0 Å². The molecule has 1 saturated carbocycles. The van der Waals surface area contributed by atoms with Crippen LogP contribution in [-0.2, 0) is 0 Å². The molecule has 0 amide bonds. The predicted octanol–water partition coefficient (Wildman–Crippen LogP) is 2.87. The van der Waals surface area contributed by atoms with E-state index in [2.05, 4.69) is 4.98 Å². The molecule has 6 heteroatoms. The van der Waals surface area contributed by atoms with Crippen LogP contribution in [0.1, 0.15) is 23.3 Å². The molecule has 0 saturated heterocycles. The normalized spacial score (nSPS) is 17.2. The molecule has 0 atom stereocenters. The highest BCUT2D eigenvalue weighted by atomic mass is 32.1. The van der Waals surface area contributed by atoms with Crippen LogP contribution in [0.2, 0.25) is 0 Å². The lowest BCUT2D eigenvalue weighted by Crippen LogP contribution is -2.00. The van der Waals surface area contributed by atoms with Crippen LogP contribution >= 0.6 is 11.3 Å². The van der Waals surface area contributed by atoms with Gasteiger partial charge in [-0.1, -0.05) is 11.3 Å². The van der Waals surface area contributed by atoms with Crippen molar-refractivity contribution in [1.82, 2.24) is 9.38 Å². The van der Waals surface area contributed by atoms with Gasteiger partial charge in [0.2, 0.25) is 6.79 Å². The third-order valence-corrected chi connectivity index (χ3v) is 4.81. The second-order valence-corrected chi connectivity index (χ2v) is 6.20. The lowest BCUT2D eigenvalue weighted by Gasteiger charge is -1.96.